The van der Waals surface area contributed by atoms with Crippen molar-refractivity contribution >= 4 is 0 Å². The molecule has 0 radical (unpaired) electrons. The molecule has 4 nitrogen and oxygen atoms in total. The molecule has 2 atom stereocenters. The summed E-state index contributed by atoms with van der Waals surface area (Å²) in [5, 5.41) is 11.4. The van der Waals surface area contributed by atoms with Crippen LogP contribution in [0.2, 0.25) is 0 Å². The van der Waals surface area contributed by atoms with E-state index in [4.69, 9.17) is 9.47 Å². The standard InChI is InChI=1S/C25H53NO3/c1-14-25(12,29-16-15-24(10,11)28-13)17-20(27)26(19-22(5,6)7)23(8,9)18-21(2,3)4/h20,27H,14-19H2,1-13H3. The van der Waals surface area contributed by atoms with Crippen molar-refractivity contribution in [1.29, 1.82) is 0 Å². The normalized spacial score (nSPS) is 17.5. The second-order valence-corrected chi connectivity index (χ2v) is 12.8. The average molecular weight is 416 g/mol. The summed E-state index contributed by atoms with van der Waals surface area (Å²) in [6.45, 7) is 27.9. The molecule has 0 spiro atoms. The van der Waals surface area contributed by atoms with Gasteiger partial charge in [0.1, 0.15) is 6.23 Å². The minimum Gasteiger partial charge on any atom is -0.379 e. The Labute approximate surface area is 182 Å². The summed E-state index contributed by atoms with van der Waals surface area (Å²) in [6.07, 6.45) is 2.75. The fourth-order valence-electron chi connectivity index (χ4n) is 4.08. The van der Waals surface area contributed by atoms with Gasteiger partial charge in [0, 0.05) is 25.6 Å². The van der Waals surface area contributed by atoms with Gasteiger partial charge in [0.25, 0.3) is 0 Å². The van der Waals surface area contributed by atoms with Gasteiger partial charge >= 0.3 is 0 Å². The van der Waals surface area contributed by atoms with Gasteiger partial charge in [-0.25, -0.2) is 0 Å². The summed E-state index contributed by atoms with van der Waals surface area (Å²) < 4.78 is 11.8. The van der Waals surface area contributed by atoms with Crippen LogP contribution in [-0.4, -0.2) is 53.2 Å². The van der Waals surface area contributed by atoms with E-state index in [9.17, 15) is 5.11 Å². The molecule has 0 heterocycles. The van der Waals surface area contributed by atoms with Crippen molar-refractivity contribution in [2.24, 2.45) is 10.8 Å². The zero-order valence-electron chi connectivity index (χ0n) is 22.0. The lowest BCUT2D eigenvalue weighted by Crippen LogP contribution is -2.56. The Morgan fingerprint density at radius 2 is 1.38 bits per heavy atom. The highest BCUT2D eigenvalue weighted by atomic mass is 16.5. The third kappa shape index (κ3) is 11.7. The van der Waals surface area contributed by atoms with Crippen LogP contribution < -0.4 is 0 Å². The van der Waals surface area contributed by atoms with Crippen molar-refractivity contribution in [2.75, 3.05) is 20.3 Å². The lowest BCUT2D eigenvalue weighted by molar-refractivity contribution is -0.140. The van der Waals surface area contributed by atoms with Gasteiger partial charge in [0.2, 0.25) is 0 Å². The highest BCUT2D eigenvalue weighted by molar-refractivity contribution is 4.91. The van der Waals surface area contributed by atoms with Crippen LogP contribution in [0, 0.1) is 10.8 Å². The molecule has 0 aromatic heterocycles. The third-order valence-corrected chi connectivity index (χ3v) is 5.81. The van der Waals surface area contributed by atoms with Gasteiger partial charge in [-0.3, -0.25) is 4.90 Å². The molecule has 0 aliphatic heterocycles. The Hall–Kier alpha value is -0.160. The Kier molecular flexibility index (Phi) is 10.4. The quantitative estimate of drug-likeness (QED) is 0.382. The van der Waals surface area contributed by atoms with E-state index in [-0.39, 0.29) is 27.6 Å². The fourth-order valence-corrected chi connectivity index (χ4v) is 4.08. The summed E-state index contributed by atoms with van der Waals surface area (Å²) in [5.41, 5.74) is -0.382. The van der Waals surface area contributed by atoms with Gasteiger partial charge in [-0.1, -0.05) is 48.5 Å². The molecule has 0 aliphatic rings. The van der Waals surface area contributed by atoms with Gasteiger partial charge < -0.3 is 14.6 Å². The molecule has 0 fully saturated rings. The van der Waals surface area contributed by atoms with Crippen molar-refractivity contribution in [2.45, 2.75) is 132 Å². The lowest BCUT2D eigenvalue weighted by Gasteiger charge is -2.48. The van der Waals surface area contributed by atoms with Crippen LogP contribution in [0.4, 0.5) is 0 Å². The largest absolute Gasteiger partial charge is 0.379 e. The van der Waals surface area contributed by atoms with Gasteiger partial charge in [0.05, 0.1) is 17.8 Å². The predicted octanol–water partition coefficient (Wildman–Crippen LogP) is 6.26. The summed E-state index contributed by atoms with van der Waals surface area (Å²) in [7, 11) is 1.74. The van der Waals surface area contributed by atoms with E-state index in [0.717, 1.165) is 25.8 Å². The van der Waals surface area contributed by atoms with Crippen molar-refractivity contribution in [3.05, 3.63) is 0 Å². The monoisotopic (exact) mass is 415 g/mol. The number of nitrogens with zero attached hydrogens (tertiary/aromatic N) is 1. The summed E-state index contributed by atoms with van der Waals surface area (Å²) >= 11 is 0. The van der Waals surface area contributed by atoms with E-state index < -0.39 is 6.23 Å². The lowest BCUT2D eigenvalue weighted by atomic mass is 9.79. The maximum absolute atomic E-state index is 11.4. The summed E-state index contributed by atoms with van der Waals surface area (Å²) in [5.74, 6) is 0. The Morgan fingerprint density at radius 1 is 0.862 bits per heavy atom. The van der Waals surface area contributed by atoms with Gasteiger partial charge in [-0.15, -0.1) is 0 Å². The first-order valence-electron chi connectivity index (χ1n) is 11.4. The van der Waals surface area contributed by atoms with Crippen LogP contribution in [0.25, 0.3) is 0 Å². The van der Waals surface area contributed by atoms with E-state index in [1.54, 1.807) is 7.11 Å². The zero-order chi connectivity index (χ0) is 23.3. The molecule has 0 aliphatic carbocycles. The van der Waals surface area contributed by atoms with Crippen molar-refractivity contribution in [1.82, 2.24) is 4.90 Å². The molecule has 0 bridgehead atoms. The van der Waals surface area contributed by atoms with Crippen LogP contribution in [0.3, 0.4) is 0 Å². The van der Waals surface area contributed by atoms with E-state index in [0.29, 0.717) is 13.0 Å². The number of methoxy groups -OCH3 is 1. The van der Waals surface area contributed by atoms with E-state index in [1.807, 2.05) is 0 Å². The van der Waals surface area contributed by atoms with Crippen molar-refractivity contribution in [3.63, 3.8) is 0 Å². The summed E-state index contributed by atoms with van der Waals surface area (Å²) in [6, 6.07) is 0. The molecule has 29 heavy (non-hydrogen) atoms. The molecule has 0 aromatic rings. The number of hydrogen-bond acceptors (Lipinski definition) is 4. The second-order valence-electron chi connectivity index (χ2n) is 12.8. The molecule has 176 valence electrons. The molecule has 2 unspecified atom stereocenters. The SMILES string of the molecule is CCC(C)(CC(O)N(CC(C)(C)C)C(C)(C)CC(C)(C)C)OCCC(C)(C)OC. The molecular formula is C25H53NO3. The Bertz CT molecular complexity index is 473. The van der Waals surface area contributed by atoms with Gasteiger partial charge in [-0.2, -0.15) is 0 Å². The van der Waals surface area contributed by atoms with Crippen LogP contribution in [-0.2, 0) is 9.47 Å². The minimum atomic E-state index is -0.549. The first-order chi connectivity index (χ1) is 12.8. The van der Waals surface area contributed by atoms with Gasteiger partial charge in [0.15, 0.2) is 0 Å². The Morgan fingerprint density at radius 3 is 1.76 bits per heavy atom. The first-order valence-corrected chi connectivity index (χ1v) is 11.4. The van der Waals surface area contributed by atoms with Crippen molar-refractivity contribution in [3.8, 4) is 0 Å². The highest BCUT2D eigenvalue weighted by Crippen LogP contribution is 2.36. The maximum atomic E-state index is 11.4. The number of aliphatic hydroxyl groups is 1. The number of hydrogen-bond donors (Lipinski definition) is 1. The highest BCUT2D eigenvalue weighted by Gasteiger charge is 2.40. The van der Waals surface area contributed by atoms with Crippen LogP contribution in [0.5, 0.6) is 0 Å². The van der Waals surface area contributed by atoms with Crippen LogP contribution in [0.15, 0.2) is 0 Å². The molecular weight excluding hydrogens is 362 g/mol. The molecule has 0 aromatic carbocycles. The molecule has 0 amide bonds. The fraction of sp³-hybridized carbons (Fsp3) is 1.00. The second kappa shape index (κ2) is 10.4. The number of aliphatic hydroxyl groups excluding tert-OH is 1. The van der Waals surface area contributed by atoms with Crippen LogP contribution in [0.1, 0.15) is 109 Å². The topological polar surface area (TPSA) is 41.9 Å². The average Bonchev–Trinajstić information content (AvgIpc) is 2.49. The van der Waals surface area contributed by atoms with E-state index >= 15 is 0 Å². The molecule has 1 N–H and O–H groups in total. The smallest absolute Gasteiger partial charge is 0.110 e. The zero-order valence-corrected chi connectivity index (χ0v) is 22.0. The van der Waals surface area contributed by atoms with Crippen LogP contribution >= 0.6 is 0 Å². The van der Waals surface area contributed by atoms with Gasteiger partial charge in [-0.05, 0) is 64.7 Å². The van der Waals surface area contributed by atoms with Crippen molar-refractivity contribution < 1.29 is 14.6 Å². The molecule has 0 saturated carbocycles. The Balaban J connectivity index is 5.41. The van der Waals surface area contributed by atoms with E-state index in [1.165, 1.54) is 0 Å². The summed E-state index contributed by atoms with van der Waals surface area (Å²) in [4.78, 5) is 2.30. The number of rotatable bonds is 12. The van der Waals surface area contributed by atoms with E-state index in [2.05, 4.69) is 88.0 Å². The maximum Gasteiger partial charge on any atom is 0.110 e. The molecule has 0 saturated heterocycles. The third-order valence-electron chi connectivity index (χ3n) is 5.81. The first kappa shape index (κ1) is 28.8. The minimum absolute atomic E-state index is 0.0993. The molecule has 0 rings (SSSR count). The number of ether oxygens (including phenoxy) is 2. The molecule has 4 heteroatoms. The predicted molar refractivity (Wildman–Crippen MR) is 125 cm³/mol.